The molecule has 0 unspecified atom stereocenters. The average molecular weight is 550 g/mol. The van der Waals surface area contributed by atoms with Crippen LogP contribution in [-0.4, -0.2) is 41.9 Å². The van der Waals surface area contributed by atoms with Gasteiger partial charge in [-0.05, 0) is 61.0 Å². The number of thiazole rings is 1. The first-order chi connectivity index (χ1) is 18.0. The molecular weight excluding hydrogens is 523 g/mol. The molecule has 0 atom stereocenters. The number of anilines is 1. The van der Waals surface area contributed by atoms with Crippen molar-refractivity contribution in [3.63, 3.8) is 0 Å². The normalized spacial score (nSPS) is 14.0. The second-order valence-electron chi connectivity index (χ2n) is 9.50. The van der Waals surface area contributed by atoms with Crippen molar-refractivity contribution in [3.8, 4) is 10.7 Å². The highest BCUT2D eigenvalue weighted by molar-refractivity contribution is 7.94. The Morgan fingerprint density at radius 1 is 1.08 bits per heavy atom. The van der Waals surface area contributed by atoms with Crippen LogP contribution in [-0.2, 0) is 23.1 Å². The molecule has 1 fully saturated rings. The minimum atomic E-state index is -3.64. The number of sulfonamides is 1. The van der Waals surface area contributed by atoms with Crippen molar-refractivity contribution >= 4 is 49.3 Å². The Morgan fingerprint density at radius 2 is 1.97 bits per heavy atom. The number of hydrogen-bond donors (Lipinski definition) is 1. The van der Waals surface area contributed by atoms with Gasteiger partial charge in [0.2, 0.25) is 0 Å². The highest BCUT2D eigenvalue weighted by Gasteiger charge is 2.33. The molecule has 1 aromatic carbocycles. The third-order valence-corrected chi connectivity index (χ3v) is 10.6. The quantitative estimate of drug-likeness (QED) is 0.232. The molecule has 0 bridgehead atoms. The van der Waals surface area contributed by atoms with Gasteiger partial charge in [-0.15, -0.1) is 22.7 Å². The van der Waals surface area contributed by atoms with E-state index in [1.54, 1.807) is 34.0 Å². The molecule has 4 heterocycles. The first-order valence-corrected chi connectivity index (χ1v) is 15.3. The Balaban J connectivity index is 1.28. The molecule has 5 aromatic rings. The predicted molar refractivity (Wildman–Crippen MR) is 150 cm³/mol. The highest BCUT2D eigenvalue weighted by Crippen LogP contribution is 2.39. The van der Waals surface area contributed by atoms with Gasteiger partial charge in [0.15, 0.2) is 0 Å². The van der Waals surface area contributed by atoms with Gasteiger partial charge in [0, 0.05) is 48.5 Å². The number of nitrogens with one attached hydrogen (secondary N) is 1. The molecule has 10 heteroatoms. The van der Waals surface area contributed by atoms with Crippen LogP contribution >= 0.6 is 22.7 Å². The van der Waals surface area contributed by atoms with E-state index in [0.29, 0.717) is 22.4 Å². The molecule has 0 aliphatic heterocycles. The SMILES string of the molecule is CN(Cc1cccnc1)Cc1cnc(-c2cc3cccc(N(CC4CC4)S(=O)(=O)c4cccs4)c3[nH]2)s1. The standard InChI is InChI=1S/C27H27N5O2S3/c1-31(16-20-5-3-11-28-14-20)18-22-15-29-27(36-22)23-13-21-6-2-7-24(26(21)30-23)32(17-19-9-10-19)37(33,34)25-8-4-12-35-25/h2-8,11-15,19,30H,9-10,16-18H2,1H3. The first kappa shape index (κ1) is 24.3. The molecule has 37 heavy (non-hydrogen) atoms. The monoisotopic (exact) mass is 549 g/mol. The van der Waals surface area contributed by atoms with Crippen LogP contribution in [0.1, 0.15) is 23.3 Å². The van der Waals surface area contributed by atoms with Crippen LogP contribution in [0.2, 0.25) is 0 Å². The van der Waals surface area contributed by atoms with E-state index in [0.717, 1.165) is 52.4 Å². The fourth-order valence-electron chi connectivity index (χ4n) is 4.47. The molecular formula is C27H27N5O2S3. The minimum Gasteiger partial charge on any atom is -0.351 e. The van der Waals surface area contributed by atoms with E-state index in [2.05, 4.69) is 39.0 Å². The summed E-state index contributed by atoms with van der Waals surface area (Å²) in [6.07, 6.45) is 7.74. The summed E-state index contributed by atoms with van der Waals surface area (Å²) in [5.41, 5.74) is 3.58. The number of fused-ring (bicyclic) bond motifs is 1. The number of hydrogen-bond acceptors (Lipinski definition) is 7. The topological polar surface area (TPSA) is 82.2 Å². The van der Waals surface area contributed by atoms with Crippen molar-refractivity contribution in [3.05, 3.63) is 82.9 Å². The van der Waals surface area contributed by atoms with Gasteiger partial charge < -0.3 is 4.98 Å². The van der Waals surface area contributed by atoms with Gasteiger partial charge in [-0.1, -0.05) is 24.3 Å². The lowest BCUT2D eigenvalue weighted by Gasteiger charge is -2.24. The molecule has 1 N–H and O–H groups in total. The summed E-state index contributed by atoms with van der Waals surface area (Å²) in [5.74, 6) is 0.407. The fourth-order valence-corrected chi connectivity index (χ4v) is 8.09. The van der Waals surface area contributed by atoms with Gasteiger partial charge in [-0.3, -0.25) is 14.2 Å². The first-order valence-electron chi connectivity index (χ1n) is 12.2. The number of benzene rings is 1. The summed E-state index contributed by atoms with van der Waals surface area (Å²) in [5, 5.41) is 3.67. The zero-order chi connectivity index (χ0) is 25.4. The van der Waals surface area contributed by atoms with E-state index in [-0.39, 0.29) is 0 Å². The molecule has 1 aliphatic rings. The summed E-state index contributed by atoms with van der Waals surface area (Å²) < 4.78 is 29.2. The number of aromatic amines is 1. The Labute approximate surface area is 224 Å². The highest BCUT2D eigenvalue weighted by atomic mass is 32.2. The van der Waals surface area contributed by atoms with Crippen LogP contribution in [0, 0.1) is 5.92 Å². The summed E-state index contributed by atoms with van der Waals surface area (Å²) in [4.78, 5) is 15.8. The van der Waals surface area contributed by atoms with Crippen molar-refractivity contribution in [1.29, 1.82) is 0 Å². The number of rotatable bonds is 10. The summed E-state index contributed by atoms with van der Waals surface area (Å²) in [7, 11) is -1.55. The van der Waals surface area contributed by atoms with E-state index < -0.39 is 10.0 Å². The smallest absolute Gasteiger partial charge is 0.273 e. The Bertz CT molecular complexity index is 1610. The molecule has 4 aromatic heterocycles. The summed E-state index contributed by atoms with van der Waals surface area (Å²) >= 11 is 2.91. The number of nitrogens with zero attached hydrogens (tertiary/aromatic N) is 4. The maximum absolute atomic E-state index is 13.6. The molecule has 6 rings (SSSR count). The molecule has 1 aliphatic carbocycles. The lowest BCUT2D eigenvalue weighted by molar-refractivity contribution is 0.321. The molecule has 0 radical (unpaired) electrons. The number of pyridine rings is 1. The molecule has 190 valence electrons. The van der Waals surface area contributed by atoms with E-state index in [1.807, 2.05) is 42.0 Å². The van der Waals surface area contributed by atoms with Gasteiger partial charge in [-0.2, -0.15) is 0 Å². The van der Waals surface area contributed by atoms with E-state index in [9.17, 15) is 8.42 Å². The molecule has 7 nitrogen and oxygen atoms in total. The molecule has 0 spiro atoms. The molecule has 0 saturated heterocycles. The number of H-pyrrole nitrogens is 1. The Morgan fingerprint density at radius 3 is 2.73 bits per heavy atom. The fraction of sp³-hybridized carbons (Fsp3) is 0.259. The predicted octanol–water partition coefficient (Wildman–Crippen LogP) is 5.99. The third-order valence-electron chi connectivity index (χ3n) is 6.45. The summed E-state index contributed by atoms with van der Waals surface area (Å²) in [6.45, 7) is 2.09. The Hall–Kier alpha value is -3.05. The lowest BCUT2D eigenvalue weighted by atomic mass is 10.2. The second kappa shape index (κ2) is 10.0. The van der Waals surface area contributed by atoms with Gasteiger partial charge in [0.1, 0.15) is 9.22 Å². The van der Waals surface area contributed by atoms with Crippen molar-refractivity contribution in [2.24, 2.45) is 5.92 Å². The van der Waals surface area contributed by atoms with Gasteiger partial charge >= 0.3 is 0 Å². The van der Waals surface area contributed by atoms with E-state index in [1.165, 1.54) is 16.9 Å². The average Bonchev–Trinajstić information content (AvgIpc) is 3.28. The van der Waals surface area contributed by atoms with Crippen LogP contribution in [0.5, 0.6) is 0 Å². The number of aromatic nitrogens is 3. The Kier molecular flexibility index (Phi) is 6.58. The summed E-state index contributed by atoms with van der Waals surface area (Å²) in [6, 6.07) is 15.4. The van der Waals surface area contributed by atoms with Crippen LogP contribution in [0.3, 0.4) is 0 Å². The maximum Gasteiger partial charge on any atom is 0.273 e. The zero-order valence-electron chi connectivity index (χ0n) is 20.4. The van der Waals surface area contributed by atoms with Crippen molar-refractivity contribution in [1.82, 2.24) is 19.9 Å². The van der Waals surface area contributed by atoms with Crippen LogP contribution in [0.4, 0.5) is 5.69 Å². The molecule has 1 saturated carbocycles. The van der Waals surface area contributed by atoms with Crippen molar-refractivity contribution in [2.75, 3.05) is 17.9 Å². The van der Waals surface area contributed by atoms with Gasteiger partial charge in [-0.25, -0.2) is 13.4 Å². The maximum atomic E-state index is 13.6. The van der Waals surface area contributed by atoms with Crippen molar-refractivity contribution in [2.45, 2.75) is 30.1 Å². The molecule has 0 amide bonds. The lowest BCUT2D eigenvalue weighted by Crippen LogP contribution is -2.32. The van der Waals surface area contributed by atoms with E-state index >= 15 is 0 Å². The zero-order valence-corrected chi connectivity index (χ0v) is 22.8. The van der Waals surface area contributed by atoms with Crippen LogP contribution in [0.25, 0.3) is 21.6 Å². The number of thiophene rings is 1. The largest absolute Gasteiger partial charge is 0.351 e. The third kappa shape index (κ3) is 5.19. The van der Waals surface area contributed by atoms with Gasteiger partial charge in [0.05, 0.1) is 16.9 Å². The van der Waals surface area contributed by atoms with E-state index in [4.69, 9.17) is 0 Å². The number of para-hydroxylation sites is 1. The van der Waals surface area contributed by atoms with Crippen LogP contribution < -0.4 is 4.31 Å². The van der Waals surface area contributed by atoms with Gasteiger partial charge in [0.25, 0.3) is 10.0 Å². The van der Waals surface area contributed by atoms with Crippen LogP contribution in [0.15, 0.2) is 76.7 Å². The van der Waals surface area contributed by atoms with Crippen molar-refractivity contribution < 1.29 is 8.42 Å². The second-order valence-corrected chi connectivity index (χ2v) is 13.7. The minimum absolute atomic E-state index is 0.372.